The number of aliphatic carboxylic acids is 2. The van der Waals surface area contributed by atoms with E-state index < -0.39 is 122 Å². The molecule has 52 heavy (non-hydrogen) atoms. The number of likely N-dealkylation sites (tertiary alicyclic amines) is 1. The van der Waals surface area contributed by atoms with E-state index >= 15 is 0 Å². The molecule has 1 aliphatic heterocycles. The summed E-state index contributed by atoms with van der Waals surface area (Å²) in [6, 6.07) is -8.76. The number of carbonyl (C=O) groups is 9. The van der Waals surface area contributed by atoms with Gasteiger partial charge in [-0.3, -0.25) is 43.8 Å². The topological polar surface area (TPSA) is 398 Å². The molecule has 1 rings (SSSR count). The summed E-state index contributed by atoms with van der Waals surface area (Å²) in [5.74, 6) is -9.80. The molecule has 0 saturated carbocycles. The second-order valence-electron chi connectivity index (χ2n) is 11.5. The van der Waals surface area contributed by atoms with Crippen LogP contribution in [0.5, 0.6) is 0 Å². The first-order valence-corrected chi connectivity index (χ1v) is 16.0. The molecule has 6 atom stereocenters. The van der Waals surface area contributed by atoms with E-state index in [1.807, 2.05) is 5.32 Å². The maximum atomic E-state index is 13.3. The molecule has 1 aliphatic rings. The Labute approximate surface area is 296 Å². The van der Waals surface area contributed by atoms with E-state index in [1.165, 1.54) is 6.92 Å². The molecule has 0 bridgehead atoms. The van der Waals surface area contributed by atoms with Crippen LogP contribution in [0.2, 0.25) is 0 Å². The number of amides is 7. The number of nitrogens with zero attached hydrogens (tertiary/aromatic N) is 1. The molecule has 292 valence electrons. The number of aliphatic hydroxyl groups is 2. The van der Waals surface area contributed by atoms with Crippen LogP contribution in [0.15, 0.2) is 0 Å². The second kappa shape index (κ2) is 22.3. The molecule has 16 N–H and O–H groups in total. The fraction of sp³-hybridized carbons (Fsp3) is 0.643. The van der Waals surface area contributed by atoms with Gasteiger partial charge in [-0.25, -0.2) is 4.79 Å². The van der Waals surface area contributed by atoms with Crippen molar-refractivity contribution in [3.05, 3.63) is 0 Å². The molecule has 7 amide bonds. The van der Waals surface area contributed by atoms with Crippen molar-refractivity contribution in [3.63, 3.8) is 0 Å². The lowest BCUT2D eigenvalue weighted by Gasteiger charge is -2.29. The van der Waals surface area contributed by atoms with Crippen LogP contribution in [0.4, 0.5) is 0 Å². The Morgan fingerprint density at radius 2 is 1.42 bits per heavy atom. The zero-order valence-electron chi connectivity index (χ0n) is 28.3. The number of nitrogens with one attached hydrogen (secondary N) is 8. The molecule has 0 aromatic carbocycles. The third-order valence-electron chi connectivity index (χ3n) is 7.46. The molecule has 24 heteroatoms. The normalized spacial score (nSPS) is 16.5. The lowest BCUT2D eigenvalue weighted by atomic mass is 10.1. The highest BCUT2D eigenvalue weighted by Gasteiger charge is 2.39. The van der Waals surface area contributed by atoms with Gasteiger partial charge in [0.2, 0.25) is 41.4 Å². The van der Waals surface area contributed by atoms with E-state index in [-0.39, 0.29) is 38.3 Å². The SMILES string of the molecule is C[C@H](NC(=O)[C@@H]1CCCN1C(=O)[C@H](CO)NC(=O)[C@H](CC(=O)O)NC(=O)CNC(=O)[C@H](CCCNC(=N)N)NC(=O)CN)C(=O)N[C@@H](CO)C(=O)O. The minimum Gasteiger partial charge on any atom is -0.481 e. The molecule has 0 radical (unpaired) electrons. The van der Waals surface area contributed by atoms with Crippen LogP contribution in [0.3, 0.4) is 0 Å². The molecule has 0 aromatic heterocycles. The zero-order valence-corrected chi connectivity index (χ0v) is 28.3. The van der Waals surface area contributed by atoms with E-state index in [4.69, 9.17) is 27.1 Å². The van der Waals surface area contributed by atoms with Crippen LogP contribution in [0, 0.1) is 5.41 Å². The lowest BCUT2D eigenvalue weighted by molar-refractivity contribution is -0.145. The monoisotopic (exact) mass is 745 g/mol. The first-order valence-electron chi connectivity index (χ1n) is 16.0. The Bertz CT molecular complexity index is 1350. The number of hydrogen-bond acceptors (Lipinski definition) is 13. The van der Waals surface area contributed by atoms with E-state index in [0.717, 1.165) is 4.90 Å². The number of carbonyl (C=O) groups excluding carboxylic acids is 7. The Hall–Kier alpha value is -5.62. The van der Waals surface area contributed by atoms with Crippen molar-refractivity contribution in [2.45, 2.75) is 75.3 Å². The molecule has 1 saturated heterocycles. The molecule has 1 heterocycles. The van der Waals surface area contributed by atoms with Gasteiger partial charge in [-0.05, 0) is 32.6 Å². The van der Waals surface area contributed by atoms with Gasteiger partial charge in [0.15, 0.2) is 5.96 Å². The van der Waals surface area contributed by atoms with Crippen molar-refractivity contribution in [2.24, 2.45) is 11.5 Å². The van der Waals surface area contributed by atoms with Crippen molar-refractivity contribution in [3.8, 4) is 0 Å². The Morgan fingerprint density at radius 3 is 1.98 bits per heavy atom. The molecular formula is C28H47N11O13. The summed E-state index contributed by atoms with van der Waals surface area (Å²) in [7, 11) is 0. The van der Waals surface area contributed by atoms with Crippen LogP contribution in [0.1, 0.15) is 39.0 Å². The summed E-state index contributed by atoms with van der Waals surface area (Å²) >= 11 is 0. The summed E-state index contributed by atoms with van der Waals surface area (Å²) in [6.07, 6.45) is -0.255. The average Bonchev–Trinajstić information content (AvgIpc) is 3.58. The summed E-state index contributed by atoms with van der Waals surface area (Å²) in [5.41, 5.74) is 10.5. The lowest BCUT2D eigenvalue weighted by Crippen LogP contribution is -2.59. The predicted octanol–water partition coefficient (Wildman–Crippen LogP) is -7.70. The molecular weight excluding hydrogens is 698 g/mol. The number of hydrogen-bond donors (Lipinski definition) is 14. The Morgan fingerprint density at radius 1 is 0.808 bits per heavy atom. The van der Waals surface area contributed by atoms with Gasteiger partial charge < -0.3 is 74.0 Å². The van der Waals surface area contributed by atoms with E-state index in [0.29, 0.717) is 6.42 Å². The van der Waals surface area contributed by atoms with Crippen LogP contribution in [-0.4, -0.2) is 160 Å². The first-order chi connectivity index (χ1) is 24.4. The number of carboxylic acid groups (broad SMARTS) is 2. The van der Waals surface area contributed by atoms with Gasteiger partial charge in [0.05, 0.1) is 32.7 Å². The highest BCUT2D eigenvalue weighted by molar-refractivity contribution is 5.98. The molecule has 1 fully saturated rings. The molecule has 0 aromatic rings. The summed E-state index contributed by atoms with van der Waals surface area (Å²) in [4.78, 5) is 112. The molecule has 0 unspecified atom stereocenters. The third-order valence-corrected chi connectivity index (χ3v) is 7.46. The molecule has 0 aliphatic carbocycles. The van der Waals surface area contributed by atoms with E-state index in [9.17, 15) is 53.4 Å². The van der Waals surface area contributed by atoms with Gasteiger partial charge in [0.25, 0.3) is 0 Å². The van der Waals surface area contributed by atoms with E-state index in [2.05, 4.69) is 31.9 Å². The summed E-state index contributed by atoms with van der Waals surface area (Å²) in [5, 5.41) is 60.3. The third kappa shape index (κ3) is 15.1. The second-order valence-corrected chi connectivity index (χ2v) is 11.5. The highest BCUT2D eigenvalue weighted by Crippen LogP contribution is 2.19. The summed E-state index contributed by atoms with van der Waals surface area (Å²) in [6.45, 7) is -1.72. The zero-order chi connectivity index (χ0) is 39.5. The maximum absolute atomic E-state index is 13.3. The number of rotatable bonds is 22. The fourth-order valence-corrected chi connectivity index (χ4v) is 4.79. The standard InChI is InChI=1S/C28H47N11O13/c1-13(22(46)38-17(12-41)27(51)52)34-25(49)18-5-3-7-39(18)26(50)16(11-40)37-24(48)15(8-21(44)45)36-20(43)10-33-23(47)14(35-19(42)9-29)4-2-6-32-28(30)31/h13-18,40-41H,2-12,29H2,1H3,(H,33,47)(H,34,49)(H,35,42)(H,36,43)(H,37,48)(H,38,46)(H,44,45)(H,51,52)(H4,30,31,32)/t13-,14-,15-,16-,17-,18-/m0/s1. The van der Waals surface area contributed by atoms with Gasteiger partial charge in [-0.15, -0.1) is 0 Å². The average molecular weight is 746 g/mol. The number of nitrogens with two attached hydrogens (primary N) is 2. The molecule has 0 spiro atoms. The van der Waals surface area contributed by atoms with Gasteiger partial charge in [-0.2, -0.15) is 0 Å². The first kappa shape index (κ1) is 44.4. The predicted molar refractivity (Wildman–Crippen MR) is 175 cm³/mol. The van der Waals surface area contributed by atoms with Gasteiger partial charge in [0, 0.05) is 13.1 Å². The smallest absolute Gasteiger partial charge is 0.328 e. The van der Waals surface area contributed by atoms with Crippen LogP contribution in [-0.2, 0) is 43.2 Å². The van der Waals surface area contributed by atoms with Crippen LogP contribution < -0.4 is 48.7 Å². The largest absolute Gasteiger partial charge is 0.481 e. The fourth-order valence-electron chi connectivity index (χ4n) is 4.79. The molecule has 24 nitrogen and oxygen atoms in total. The summed E-state index contributed by atoms with van der Waals surface area (Å²) < 4.78 is 0. The number of guanidine groups is 1. The van der Waals surface area contributed by atoms with Crippen LogP contribution >= 0.6 is 0 Å². The van der Waals surface area contributed by atoms with Crippen molar-refractivity contribution in [2.75, 3.05) is 39.4 Å². The minimum absolute atomic E-state index is 0.00950. The van der Waals surface area contributed by atoms with Crippen LogP contribution in [0.25, 0.3) is 0 Å². The number of aliphatic hydroxyl groups excluding tert-OH is 2. The quantitative estimate of drug-likeness (QED) is 0.0278. The maximum Gasteiger partial charge on any atom is 0.328 e. The minimum atomic E-state index is -1.81. The highest BCUT2D eigenvalue weighted by atomic mass is 16.4. The van der Waals surface area contributed by atoms with Crippen molar-refractivity contribution in [1.29, 1.82) is 5.41 Å². The Kier molecular flexibility index (Phi) is 19.0. The number of carboxylic acids is 2. The van der Waals surface area contributed by atoms with Gasteiger partial charge >= 0.3 is 11.9 Å². The van der Waals surface area contributed by atoms with Crippen molar-refractivity contribution in [1.82, 2.24) is 42.1 Å². The van der Waals surface area contributed by atoms with Gasteiger partial charge in [-0.1, -0.05) is 0 Å². The van der Waals surface area contributed by atoms with Crippen molar-refractivity contribution >= 4 is 59.2 Å². The van der Waals surface area contributed by atoms with E-state index in [1.54, 1.807) is 0 Å². The Balaban J connectivity index is 2.90. The van der Waals surface area contributed by atoms with Gasteiger partial charge in [0.1, 0.15) is 36.3 Å². The van der Waals surface area contributed by atoms with Crippen molar-refractivity contribution < 1.29 is 63.6 Å².